The summed E-state index contributed by atoms with van der Waals surface area (Å²) < 4.78 is 0. The minimum Gasteiger partial charge on any atom is -0.506 e. The second kappa shape index (κ2) is 6.45. The van der Waals surface area contributed by atoms with Crippen molar-refractivity contribution in [3.63, 3.8) is 0 Å². The van der Waals surface area contributed by atoms with Crippen molar-refractivity contribution in [2.75, 3.05) is 11.9 Å². The molecule has 0 aromatic heterocycles. The van der Waals surface area contributed by atoms with E-state index in [4.69, 9.17) is 0 Å². The van der Waals surface area contributed by atoms with Crippen molar-refractivity contribution in [1.82, 2.24) is 5.32 Å². The van der Waals surface area contributed by atoms with Gasteiger partial charge in [-0.15, -0.1) is 0 Å². The number of carbonyl (C=O) groups excluding carboxylic acids is 1. The number of phenolic OH excluding ortho intramolecular Hbond substituents is 1. The van der Waals surface area contributed by atoms with Crippen molar-refractivity contribution in [1.29, 1.82) is 0 Å². The van der Waals surface area contributed by atoms with E-state index in [0.29, 0.717) is 11.6 Å². The lowest BCUT2D eigenvalue weighted by atomic mass is 9.89. The van der Waals surface area contributed by atoms with Gasteiger partial charge in [0.25, 0.3) is 0 Å². The smallest absolute Gasteiger partial charge is 0.319 e. The van der Waals surface area contributed by atoms with Crippen LogP contribution in [0.2, 0.25) is 0 Å². The van der Waals surface area contributed by atoms with E-state index in [0.717, 1.165) is 12.1 Å². The van der Waals surface area contributed by atoms with Crippen LogP contribution in [0.4, 0.5) is 10.5 Å². The fraction of sp³-hybridized carbons (Fsp3) is 0.533. The Hall–Kier alpha value is -1.71. The molecule has 0 spiro atoms. The minimum absolute atomic E-state index is 0.104. The zero-order valence-electron chi connectivity index (χ0n) is 11.4. The first-order valence-corrected chi connectivity index (χ1v) is 6.99. The molecule has 2 rings (SSSR count). The highest BCUT2D eigenvalue weighted by Gasteiger charge is 2.14. The molecule has 0 heterocycles. The molecule has 1 fully saturated rings. The number of hydrogen-bond donors (Lipinski definition) is 3. The zero-order valence-corrected chi connectivity index (χ0v) is 11.4. The molecule has 1 aromatic rings. The first kappa shape index (κ1) is 13.7. The number of carbonyl (C=O) groups is 1. The lowest BCUT2D eigenvalue weighted by Gasteiger charge is -2.21. The van der Waals surface area contributed by atoms with Crippen LogP contribution >= 0.6 is 0 Å². The number of hydrogen-bond acceptors (Lipinski definition) is 2. The second-order valence-corrected chi connectivity index (χ2v) is 5.36. The van der Waals surface area contributed by atoms with Gasteiger partial charge in [0.15, 0.2) is 0 Å². The van der Waals surface area contributed by atoms with E-state index in [2.05, 4.69) is 10.6 Å². The third-order valence-electron chi connectivity index (χ3n) is 3.68. The van der Waals surface area contributed by atoms with Crippen molar-refractivity contribution < 1.29 is 9.90 Å². The number of aromatic hydroxyl groups is 1. The van der Waals surface area contributed by atoms with Gasteiger partial charge in [-0.3, -0.25) is 0 Å². The summed E-state index contributed by atoms with van der Waals surface area (Å²) in [7, 11) is 0. The molecular weight excluding hydrogens is 240 g/mol. The number of phenols is 1. The van der Waals surface area contributed by atoms with Crippen molar-refractivity contribution in [2.24, 2.45) is 5.92 Å². The van der Waals surface area contributed by atoms with Gasteiger partial charge in [0.2, 0.25) is 0 Å². The van der Waals surface area contributed by atoms with Gasteiger partial charge in [-0.2, -0.15) is 0 Å². The van der Waals surface area contributed by atoms with Gasteiger partial charge in [0.05, 0.1) is 5.69 Å². The molecule has 3 N–H and O–H groups in total. The number of rotatable bonds is 3. The Morgan fingerprint density at radius 3 is 2.74 bits per heavy atom. The largest absolute Gasteiger partial charge is 0.506 e. The highest BCUT2D eigenvalue weighted by Crippen LogP contribution is 2.24. The van der Waals surface area contributed by atoms with Crippen molar-refractivity contribution in [3.8, 4) is 5.75 Å². The summed E-state index contributed by atoms with van der Waals surface area (Å²) in [5.74, 6) is 0.707. The summed E-state index contributed by atoms with van der Waals surface area (Å²) in [5.41, 5.74) is 1.41. The third-order valence-corrected chi connectivity index (χ3v) is 3.68. The quantitative estimate of drug-likeness (QED) is 0.731. The molecular formula is C15H22N2O2. The van der Waals surface area contributed by atoms with Crippen molar-refractivity contribution in [2.45, 2.75) is 39.0 Å². The Kier molecular flexibility index (Phi) is 4.66. The van der Waals surface area contributed by atoms with Crippen LogP contribution < -0.4 is 10.6 Å². The van der Waals surface area contributed by atoms with E-state index in [1.165, 1.54) is 32.1 Å². The molecule has 1 saturated carbocycles. The molecule has 0 saturated heterocycles. The fourth-order valence-corrected chi connectivity index (χ4v) is 2.54. The molecule has 0 atom stereocenters. The molecule has 4 nitrogen and oxygen atoms in total. The number of amides is 2. The second-order valence-electron chi connectivity index (χ2n) is 5.36. The van der Waals surface area contributed by atoms with Crippen LogP contribution in [0, 0.1) is 12.8 Å². The van der Waals surface area contributed by atoms with Gasteiger partial charge < -0.3 is 15.7 Å². The van der Waals surface area contributed by atoms with Crippen molar-refractivity contribution in [3.05, 3.63) is 23.8 Å². The van der Waals surface area contributed by atoms with Crippen LogP contribution in [0.5, 0.6) is 5.75 Å². The fourth-order valence-electron chi connectivity index (χ4n) is 2.54. The summed E-state index contributed by atoms with van der Waals surface area (Å²) in [5, 5.41) is 15.3. The van der Waals surface area contributed by atoms with Crippen LogP contribution in [-0.2, 0) is 0 Å². The van der Waals surface area contributed by atoms with Crippen LogP contribution in [0.25, 0.3) is 0 Å². The SMILES string of the molecule is Cc1ccc(NC(=O)NCC2CCCCC2)c(O)c1. The molecule has 4 heteroatoms. The highest BCUT2D eigenvalue weighted by atomic mass is 16.3. The molecule has 2 amide bonds. The topological polar surface area (TPSA) is 61.4 Å². The minimum atomic E-state index is -0.246. The molecule has 19 heavy (non-hydrogen) atoms. The lowest BCUT2D eigenvalue weighted by Crippen LogP contribution is -2.33. The van der Waals surface area contributed by atoms with Gasteiger partial charge in [-0.05, 0) is 43.4 Å². The zero-order chi connectivity index (χ0) is 13.7. The molecule has 0 unspecified atom stereocenters. The van der Waals surface area contributed by atoms with E-state index in [9.17, 15) is 9.90 Å². The van der Waals surface area contributed by atoms with Gasteiger partial charge in [-0.1, -0.05) is 25.3 Å². The molecule has 1 aliphatic rings. The monoisotopic (exact) mass is 262 g/mol. The molecule has 104 valence electrons. The van der Waals surface area contributed by atoms with Crippen molar-refractivity contribution >= 4 is 11.7 Å². The average molecular weight is 262 g/mol. The Labute approximate surface area is 114 Å². The summed E-state index contributed by atoms with van der Waals surface area (Å²) >= 11 is 0. The van der Waals surface area contributed by atoms with Gasteiger partial charge >= 0.3 is 6.03 Å². The highest BCUT2D eigenvalue weighted by molar-refractivity contribution is 5.90. The normalized spacial score (nSPS) is 16.1. The van der Waals surface area contributed by atoms with Crippen LogP contribution in [0.15, 0.2) is 18.2 Å². The maximum atomic E-state index is 11.8. The van der Waals surface area contributed by atoms with E-state index < -0.39 is 0 Å². The molecule has 1 aliphatic carbocycles. The van der Waals surface area contributed by atoms with Crippen LogP contribution in [0.3, 0.4) is 0 Å². The maximum absolute atomic E-state index is 11.8. The van der Waals surface area contributed by atoms with Gasteiger partial charge in [0, 0.05) is 6.54 Å². The van der Waals surface area contributed by atoms with E-state index in [1.54, 1.807) is 12.1 Å². The number of anilines is 1. The average Bonchev–Trinajstić information content (AvgIpc) is 2.41. The van der Waals surface area contributed by atoms with E-state index in [1.807, 2.05) is 13.0 Å². The van der Waals surface area contributed by atoms with Crippen LogP contribution in [0.1, 0.15) is 37.7 Å². The number of benzene rings is 1. The molecule has 0 aliphatic heterocycles. The maximum Gasteiger partial charge on any atom is 0.319 e. The first-order valence-electron chi connectivity index (χ1n) is 6.99. The summed E-state index contributed by atoms with van der Waals surface area (Å²) in [6.07, 6.45) is 6.27. The Balaban J connectivity index is 1.80. The molecule has 0 bridgehead atoms. The predicted octanol–water partition coefficient (Wildman–Crippen LogP) is 3.40. The Bertz CT molecular complexity index is 440. The Morgan fingerprint density at radius 2 is 2.05 bits per heavy atom. The Morgan fingerprint density at radius 1 is 1.32 bits per heavy atom. The lowest BCUT2D eigenvalue weighted by molar-refractivity contribution is 0.247. The van der Waals surface area contributed by atoms with Crippen LogP contribution in [-0.4, -0.2) is 17.7 Å². The van der Waals surface area contributed by atoms with Gasteiger partial charge in [-0.25, -0.2) is 4.79 Å². The number of nitrogens with one attached hydrogen (secondary N) is 2. The van der Waals surface area contributed by atoms with Gasteiger partial charge in [0.1, 0.15) is 5.75 Å². The molecule has 0 radical (unpaired) electrons. The number of aryl methyl sites for hydroxylation is 1. The standard InChI is InChI=1S/C15H22N2O2/c1-11-7-8-13(14(18)9-11)17-15(19)16-10-12-5-3-2-4-6-12/h7-9,12,18H,2-6,10H2,1H3,(H2,16,17,19). The third kappa shape index (κ3) is 4.16. The van der Waals surface area contributed by atoms with E-state index >= 15 is 0 Å². The summed E-state index contributed by atoms with van der Waals surface area (Å²) in [6, 6.07) is 4.96. The predicted molar refractivity (Wildman–Crippen MR) is 76.4 cm³/mol. The van der Waals surface area contributed by atoms with E-state index in [-0.39, 0.29) is 11.8 Å². The summed E-state index contributed by atoms with van der Waals surface area (Å²) in [4.78, 5) is 11.8. The number of urea groups is 1. The summed E-state index contributed by atoms with van der Waals surface area (Å²) in [6.45, 7) is 2.62. The molecule has 1 aromatic carbocycles. The first-order chi connectivity index (χ1) is 9.15.